The van der Waals surface area contributed by atoms with Crippen molar-refractivity contribution in [1.82, 2.24) is 14.9 Å². The zero-order valence-electron chi connectivity index (χ0n) is 11.6. The number of ether oxygens (including phenoxy) is 1. The average molecular weight is 263 g/mol. The van der Waals surface area contributed by atoms with Crippen LogP contribution in [-0.4, -0.2) is 40.6 Å². The van der Waals surface area contributed by atoms with E-state index >= 15 is 0 Å². The molecule has 0 aliphatic carbocycles. The highest BCUT2D eigenvalue weighted by Gasteiger charge is 2.34. The SMILES string of the molecule is CCc1nc(C2CN3CCCC3CO2)[nH]c(=O)c1C. The second kappa shape index (κ2) is 5.06. The first-order valence-corrected chi connectivity index (χ1v) is 7.14. The van der Waals surface area contributed by atoms with Gasteiger partial charge in [-0.05, 0) is 32.7 Å². The van der Waals surface area contributed by atoms with E-state index in [0.717, 1.165) is 37.4 Å². The number of nitrogens with one attached hydrogen (secondary N) is 1. The van der Waals surface area contributed by atoms with Gasteiger partial charge in [0, 0.05) is 18.2 Å². The smallest absolute Gasteiger partial charge is 0.254 e. The fourth-order valence-electron chi connectivity index (χ4n) is 3.08. The Kier molecular flexibility index (Phi) is 3.41. The van der Waals surface area contributed by atoms with Crippen LogP contribution in [0.5, 0.6) is 0 Å². The second-order valence-corrected chi connectivity index (χ2v) is 5.49. The van der Waals surface area contributed by atoms with Gasteiger partial charge in [-0.2, -0.15) is 0 Å². The Morgan fingerprint density at radius 3 is 3.16 bits per heavy atom. The monoisotopic (exact) mass is 263 g/mol. The van der Waals surface area contributed by atoms with E-state index in [0.29, 0.717) is 11.9 Å². The molecule has 2 unspecified atom stereocenters. The Morgan fingerprint density at radius 2 is 2.37 bits per heavy atom. The van der Waals surface area contributed by atoms with Gasteiger partial charge in [-0.1, -0.05) is 6.92 Å². The predicted molar refractivity (Wildman–Crippen MR) is 72.3 cm³/mol. The highest BCUT2D eigenvalue weighted by Crippen LogP contribution is 2.28. The number of aryl methyl sites for hydroxylation is 1. The molecule has 2 fully saturated rings. The molecule has 0 spiro atoms. The number of fused-ring (bicyclic) bond motifs is 1. The van der Waals surface area contributed by atoms with E-state index < -0.39 is 0 Å². The summed E-state index contributed by atoms with van der Waals surface area (Å²) < 4.78 is 5.90. The Bertz CT molecular complexity index is 526. The normalized spacial score (nSPS) is 27.5. The lowest BCUT2D eigenvalue weighted by Gasteiger charge is -2.34. The van der Waals surface area contributed by atoms with Crippen LogP contribution in [0.4, 0.5) is 0 Å². The van der Waals surface area contributed by atoms with Gasteiger partial charge in [0.1, 0.15) is 11.9 Å². The first kappa shape index (κ1) is 12.8. The number of H-pyrrole nitrogens is 1. The molecule has 2 aliphatic heterocycles. The molecule has 0 bridgehead atoms. The minimum Gasteiger partial charge on any atom is -0.367 e. The third kappa shape index (κ3) is 2.32. The fraction of sp³-hybridized carbons (Fsp3) is 0.714. The maximum atomic E-state index is 11.9. The number of hydrogen-bond acceptors (Lipinski definition) is 4. The number of morpholine rings is 1. The summed E-state index contributed by atoms with van der Waals surface area (Å²) in [6.07, 6.45) is 3.17. The molecular formula is C14H21N3O2. The zero-order valence-corrected chi connectivity index (χ0v) is 11.6. The Labute approximate surface area is 113 Å². The van der Waals surface area contributed by atoms with E-state index in [1.165, 1.54) is 12.8 Å². The first-order valence-electron chi connectivity index (χ1n) is 7.14. The van der Waals surface area contributed by atoms with Crippen LogP contribution in [-0.2, 0) is 11.2 Å². The zero-order chi connectivity index (χ0) is 13.4. The van der Waals surface area contributed by atoms with E-state index in [2.05, 4.69) is 14.9 Å². The quantitative estimate of drug-likeness (QED) is 0.870. The summed E-state index contributed by atoms with van der Waals surface area (Å²) in [6, 6.07) is 0.569. The Hall–Kier alpha value is -1.20. The van der Waals surface area contributed by atoms with Crippen LogP contribution in [0, 0.1) is 6.92 Å². The number of aromatic nitrogens is 2. The van der Waals surface area contributed by atoms with Crippen molar-refractivity contribution in [3.63, 3.8) is 0 Å². The van der Waals surface area contributed by atoms with Crippen LogP contribution >= 0.6 is 0 Å². The highest BCUT2D eigenvalue weighted by molar-refractivity contribution is 5.17. The van der Waals surface area contributed by atoms with Crippen molar-refractivity contribution in [2.45, 2.75) is 45.3 Å². The summed E-state index contributed by atoms with van der Waals surface area (Å²) in [5.74, 6) is 0.692. The molecule has 19 heavy (non-hydrogen) atoms. The van der Waals surface area contributed by atoms with Crippen LogP contribution < -0.4 is 5.56 Å². The van der Waals surface area contributed by atoms with Gasteiger partial charge in [0.05, 0.1) is 12.3 Å². The number of aromatic amines is 1. The van der Waals surface area contributed by atoms with Crippen LogP contribution in [0.1, 0.15) is 43.0 Å². The maximum Gasteiger partial charge on any atom is 0.254 e. The summed E-state index contributed by atoms with van der Waals surface area (Å²) in [5.41, 5.74) is 1.57. The molecule has 1 aromatic rings. The molecule has 2 aliphatic rings. The minimum absolute atomic E-state index is 0.0333. The summed E-state index contributed by atoms with van der Waals surface area (Å²) >= 11 is 0. The van der Waals surface area contributed by atoms with Crippen molar-refractivity contribution in [3.8, 4) is 0 Å². The van der Waals surface area contributed by atoms with Gasteiger partial charge >= 0.3 is 0 Å². The van der Waals surface area contributed by atoms with E-state index in [-0.39, 0.29) is 11.7 Å². The molecule has 5 nitrogen and oxygen atoms in total. The standard InChI is InChI=1S/C14H21N3O2/c1-3-11-9(2)14(18)16-13(15-11)12-7-17-6-4-5-10(17)8-19-12/h10,12H,3-8H2,1-2H3,(H,15,16,18). The summed E-state index contributed by atoms with van der Waals surface area (Å²) in [7, 11) is 0. The van der Waals surface area contributed by atoms with Crippen molar-refractivity contribution in [2.75, 3.05) is 19.7 Å². The highest BCUT2D eigenvalue weighted by atomic mass is 16.5. The van der Waals surface area contributed by atoms with Crippen LogP contribution in [0.2, 0.25) is 0 Å². The number of nitrogens with zero attached hydrogens (tertiary/aromatic N) is 2. The molecule has 3 rings (SSSR count). The van der Waals surface area contributed by atoms with Gasteiger partial charge in [0.25, 0.3) is 5.56 Å². The number of hydrogen-bond donors (Lipinski definition) is 1. The van der Waals surface area contributed by atoms with Crippen molar-refractivity contribution in [3.05, 3.63) is 27.4 Å². The lowest BCUT2D eigenvalue weighted by molar-refractivity contribution is -0.0543. The molecule has 5 heteroatoms. The molecule has 2 atom stereocenters. The topological polar surface area (TPSA) is 58.2 Å². The van der Waals surface area contributed by atoms with Crippen LogP contribution in [0.25, 0.3) is 0 Å². The minimum atomic E-state index is -0.0899. The van der Waals surface area contributed by atoms with Gasteiger partial charge in [0.2, 0.25) is 0 Å². The third-order valence-corrected chi connectivity index (χ3v) is 4.30. The van der Waals surface area contributed by atoms with Gasteiger partial charge in [-0.25, -0.2) is 4.98 Å². The third-order valence-electron chi connectivity index (χ3n) is 4.30. The van der Waals surface area contributed by atoms with E-state index in [9.17, 15) is 4.79 Å². The molecule has 0 saturated carbocycles. The molecule has 0 aromatic carbocycles. The molecule has 2 saturated heterocycles. The molecule has 104 valence electrons. The van der Waals surface area contributed by atoms with Crippen molar-refractivity contribution in [1.29, 1.82) is 0 Å². The Morgan fingerprint density at radius 1 is 1.53 bits per heavy atom. The van der Waals surface area contributed by atoms with Crippen LogP contribution in [0.3, 0.4) is 0 Å². The van der Waals surface area contributed by atoms with Gasteiger partial charge in [-0.15, -0.1) is 0 Å². The number of rotatable bonds is 2. The summed E-state index contributed by atoms with van der Waals surface area (Å²) in [4.78, 5) is 21.8. The van der Waals surface area contributed by atoms with E-state index in [1.807, 2.05) is 13.8 Å². The second-order valence-electron chi connectivity index (χ2n) is 5.49. The molecular weight excluding hydrogens is 242 g/mol. The summed E-state index contributed by atoms with van der Waals surface area (Å²) in [5, 5.41) is 0. The van der Waals surface area contributed by atoms with Crippen molar-refractivity contribution >= 4 is 0 Å². The fourth-order valence-corrected chi connectivity index (χ4v) is 3.08. The van der Waals surface area contributed by atoms with Gasteiger partial charge < -0.3 is 9.72 Å². The molecule has 1 aromatic heterocycles. The summed E-state index contributed by atoms with van der Waals surface area (Å²) in [6.45, 7) is 6.59. The molecule has 3 heterocycles. The van der Waals surface area contributed by atoms with E-state index in [1.54, 1.807) is 0 Å². The van der Waals surface area contributed by atoms with Gasteiger partial charge in [0.15, 0.2) is 0 Å². The van der Waals surface area contributed by atoms with Gasteiger partial charge in [-0.3, -0.25) is 9.69 Å². The molecule has 1 N–H and O–H groups in total. The molecule has 0 radical (unpaired) electrons. The largest absolute Gasteiger partial charge is 0.367 e. The van der Waals surface area contributed by atoms with Crippen molar-refractivity contribution in [2.24, 2.45) is 0 Å². The Balaban J connectivity index is 1.86. The van der Waals surface area contributed by atoms with E-state index in [4.69, 9.17) is 4.74 Å². The lowest BCUT2D eigenvalue weighted by Crippen LogP contribution is -2.43. The maximum absolute atomic E-state index is 11.9. The van der Waals surface area contributed by atoms with Crippen molar-refractivity contribution < 1.29 is 4.74 Å². The predicted octanol–water partition coefficient (Wildman–Crippen LogP) is 1.18. The first-order chi connectivity index (χ1) is 9.19. The molecule has 0 amide bonds. The lowest BCUT2D eigenvalue weighted by atomic mass is 10.1. The van der Waals surface area contributed by atoms with Crippen LogP contribution in [0.15, 0.2) is 4.79 Å². The average Bonchev–Trinajstić information content (AvgIpc) is 2.89.